The molecule has 0 saturated heterocycles. The van der Waals surface area contributed by atoms with Gasteiger partial charge < -0.3 is 5.32 Å². The molecule has 2 aromatic carbocycles. The Morgan fingerprint density at radius 1 is 1.00 bits per heavy atom. The summed E-state index contributed by atoms with van der Waals surface area (Å²) in [5.74, 6) is -1.18. The van der Waals surface area contributed by atoms with Crippen LogP contribution in [0.5, 0.6) is 0 Å². The van der Waals surface area contributed by atoms with Gasteiger partial charge in [-0.3, -0.25) is 14.5 Å². The van der Waals surface area contributed by atoms with E-state index in [2.05, 4.69) is 11.9 Å². The lowest BCUT2D eigenvalue weighted by Gasteiger charge is -2.12. The molecular formula is C19H15FN2O2. The van der Waals surface area contributed by atoms with Gasteiger partial charge in [-0.1, -0.05) is 36.4 Å². The molecule has 0 bridgehead atoms. The first-order valence-electron chi connectivity index (χ1n) is 7.41. The maximum Gasteiger partial charge on any atom is 0.278 e. The van der Waals surface area contributed by atoms with E-state index in [1.807, 2.05) is 6.07 Å². The highest BCUT2D eigenvalue weighted by molar-refractivity contribution is 6.36. The van der Waals surface area contributed by atoms with Crippen molar-refractivity contribution in [3.05, 3.63) is 84.3 Å². The van der Waals surface area contributed by atoms with Gasteiger partial charge in [-0.15, -0.1) is 6.58 Å². The molecule has 0 unspecified atom stereocenters. The van der Waals surface area contributed by atoms with Crippen molar-refractivity contribution >= 4 is 23.1 Å². The van der Waals surface area contributed by atoms with Crippen molar-refractivity contribution in [3.8, 4) is 0 Å². The SMILES string of the molecule is C=CCN1C(=O)C(Nc2ccc(F)cc2)=C(c2ccccc2)C1=O. The monoisotopic (exact) mass is 322 g/mol. The predicted octanol–water partition coefficient (Wildman–Crippen LogP) is 3.20. The molecule has 4 nitrogen and oxygen atoms in total. The Bertz CT molecular complexity index is 826. The van der Waals surface area contributed by atoms with Gasteiger partial charge >= 0.3 is 0 Å². The normalized spacial score (nSPS) is 14.3. The van der Waals surface area contributed by atoms with Crippen LogP contribution in [0.2, 0.25) is 0 Å². The zero-order valence-corrected chi connectivity index (χ0v) is 12.8. The number of imide groups is 1. The van der Waals surface area contributed by atoms with Gasteiger partial charge in [0.2, 0.25) is 0 Å². The van der Waals surface area contributed by atoms with Crippen LogP contribution in [-0.2, 0) is 9.59 Å². The fourth-order valence-corrected chi connectivity index (χ4v) is 2.54. The maximum absolute atomic E-state index is 13.1. The zero-order valence-electron chi connectivity index (χ0n) is 12.8. The first kappa shape index (κ1) is 15.7. The molecule has 2 aromatic rings. The molecule has 0 saturated carbocycles. The van der Waals surface area contributed by atoms with E-state index in [1.165, 1.54) is 30.3 Å². The number of nitrogens with one attached hydrogen (secondary N) is 1. The van der Waals surface area contributed by atoms with Gasteiger partial charge in [0.15, 0.2) is 0 Å². The Kier molecular flexibility index (Phi) is 4.24. The van der Waals surface area contributed by atoms with Crippen molar-refractivity contribution in [3.63, 3.8) is 0 Å². The van der Waals surface area contributed by atoms with E-state index < -0.39 is 5.91 Å². The molecule has 5 heteroatoms. The Labute approximate surface area is 138 Å². The summed E-state index contributed by atoms with van der Waals surface area (Å²) in [5, 5.41) is 2.95. The molecule has 1 aliphatic rings. The molecular weight excluding hydrogens is 307 g/mol. The van der Waals surface area contributed by atoms with Crippen molar-refractivity contribution < 1.29 is 14.0 Å². The van der Waals surface area contributed by atoms with Crippen LogP contribution in [0.3, 0.4) is 0 Å². The summed E-state index contributed by atoms with van der Waals surface area (Å²) in [7, 11) is 0. The summed E-state index contributed by atoms with van der Waals surface area (Å²) < 4.78 is 13.1. The molecule has 1 aliphatic heterocycles. The summed E-state index contributed by atoms with van der Waals surface area (Å²) in [6.45, 7) is 3.71. The van der Waals surface area contributed by atoms with E-state index in [0.717, 1.165) is 4.90 Å². The van der Waals surface area contributed by atoms with Crippen molar-refractivity contribution in [2.45, 2.75) is 0 Å². The van der Waals surface area contributed by atoms with Crippen molar-refractivity contribution in [1.82, 2.24) is 4.90 Å². The topological polar surface area (TPSA) is 49.4 Å². The van der Waals surface area contributed by atoms with E-state index in [0.29, 0.717) is 16.8 Å². The molecule has 0 aliphatic carbocycles. The molecule has 0 radical (unpaired) electrons. The number of halogens is 1. The summed E-state index contributed by atoms with van der Waals surface area (Å²) in [6, 6.07) is 14.6. The molecule has 0 fully saturated rings. The minimum Gasteiger partial charge on any atom is -0.350 e. The largest absolute Gasteiger partial charge is 0.350 e. The van der Waals surface area contributed by atoms with E-state index in [1.54, 1.807) is 24.3 Å². The molecule has 0 spiro atoms. The second kappa shape index (κ2) is 6.50. The van der Waals surface area contributed by atoms with Crippen LogP contribution in [0.15, 0.2) is 72.9 Å². The number of nitrogens with zero attached hydrogens (tertiary/aromatic N) is 1. The summed E-state index contributed by atoms with van der Waals surface area (Å²) in [6.07, 6.45) is 1.50. The molecule has 24 heavy (non-hydrogen) atoms. The number of benzene rings is 2. The number of rotatable bonds is 5. The van der Waals surface area contributed by atoms with Gasteiger partial charge in [0.05, 0.1) is 5.57 Å². The lowest BCUT2D eigenvalue weighted by atomic mass is 10.0. The number of carbonyl (C=O) groups excluding carboxylic acids is 2. The molecule has 2 amide bonds. The second-order valence-corrected chi connectivity index (χ2v) is 5.26. The van der Waals surface area contributed by atoms with Crippen LogP contribution in [0.4, 0.5) is 10.1 Å². The van der Waals surface area contributed by atoms with Gasteiger partial charge in [0.1, 0.15) is 11.5 Å². The third kappa shape index (κ3) is 2.84. The third-order valence-electron chi connectivity index (χ3n) is 3.66. The quantitative estimate of drug-likeness (QED) is 0.679. The van der Waals surface area contributed by atoms with Crippen molar-refractivity contribution in [2.75, 3.05) is 11.9 Å². The van der Waals surface area contributed by atoms with Gasteiger partial charge in [0.25, 0.3) is 11.8 Å². The second-order valence-electron chi connectivity index (χ2n) is 5.26. The molecule has 0 aromatic heterocycles. The van der Waals surface area contributed by atoms with Gasteiger partial charge in [-0.05, 0) is 29.8 Å². The van der Waals surface area contributed by atoms with Crippen LogP contribution in [0.1, 0.15) is 5.56 Å². The Balaban J connectivity index is 2.06. The molecule has 1 heterocycles. The van der Waals surface area contributed by atoms with Crippen molar-refractivity contribution in [1.29, 1.82) is 0 Å². The summed E-state index contributed by atoms with van der Waals surface area (Å²) >= 11 is 0. The highest BCUT2D eigenvalue weighted by Crippen LogP contribution is 2.30. The van der Waals surface area contributed by atoms with E-state index in [-0.39, 0.29) is 24.0 Å². The Morgan fingerprint density at radius 3 is 2.29 bits per heavy atom. The van der Waals surface area contributed by atoms with E-state index in [4.69, 9.17) is 0 Å². The average Bonchev–Trinajstić information content (AvgIpc) is 2.82. The fraction of sp³-hybridized carbons (Fsp3) is 0.0526. The first-order valence-corrected chi connectivity index (χ1v) is 7.41. The minimum absolute atomic E-state index is 0.128. The van der Waals surface area contributed by atoms with Gasteiger partial charge in [-0.2, -0.15) is 0 Å². The van der Waals surface area contributed by atoms with E-state index >= 15 is 0 Å². The first-order chi connectivity index (χ1) is 11.6. The summed E-state index contributed by atoms with van der Waals surface area (Å²) in [5.41, 5.74) is 1.65. The Morgan fingerprint density at radius 2 is 1.67 bits per heavy atom. The van der Waals surface area contributed by atoms with Crippen LogP contribution in [-0.4, -0.2) is 23.3 Å². The number of amides is 2. The maximum atomic E-state index is 13.1. The smallest absolute Gasteiger partial charge is 0.278 e. The van der Waals surface area contributed by atoms with E-state index in [9.17, 15) is 14.0 Å². The number of hydrogen-bond donors (Lipinski definition) is 1. The van der Waals surface area contributed by atoms with Crippen LogP contribution in [0, 0.1) is 5.82 Å². The Hall–Kier alpha value is -3.21. The number of anilines is 1. The number of carbonyl (C=O) groups is 2. The molecule has 120 valence electrons. The minimum atomic E-state index is -0.428. The fourth-order valence-electron chi connectivity index (χ4n) is 2.54. The lowest BCUT2D eigenvalue weighted by molar-refractivity contribution is -0.136. The third-order valence-corrected chi connectivity index (χ3v) is 3.66. The van der Waals surface area contributed by atoms with Gasteiger partial charge in [0, 0.05) is 12.2 Å². The summed E-state index contributed by atoms with van der Waals surface area (Å²) in [4.78, 5) is 26.4. The average molecular weight is 322 g/mol. The predicted molar refractivity (Wildman–Crippen MR) is 90.3 cm³/mol. The van der Waals surface area contributed by atoms with Crippen molar-refractivity contribution in [2.24, 2.45) is 0 Å². The highest BCUT2D eigenvalue weighted by atomic mass is 19.1. The highest BCUT2D eigenvalue weighted by Gasteiger charge is 2.38. The van der Waals surface area contributed by atoms with Gasteiger partial charge in [-0.25, -0.2) is 4.39 Å². The standard InChI is InChI=1S/C19H15FN2O2/c1-2-12-22-18(23)16(13-6-4-3-5-7-13)17(19(22)24)21-15-10-8-14(20)9-11-15/h2-11,21H,1,12H2. The van der Waals surface area contributed by atoms with Crippen LogP contribution in [0.25, 0.3) is 5.57 Å². The zero-order chi connectivity index (χ0) is 17.1. The molecule has 3 rings (SSSR count). The number of hydrogen-bond acceptors (Lipinski definition) is 3. The van der Waals surface area contributed by atoms with Crippen LogP contribution < -0.4 is 5.32 Å². The molecule has 0 atom stereocenters. The lowest BCUT2D eigenvalue weighted by Crippen LogP contribution is -2.32. The van der Waals surface area contributed by atoms with Crippen LogP contribution >= 0.6 is 0 Å². The molecule has 1 N–H and O–H groups in total.